The summed E-state index contributed by atoms with van der Waals surface area (Å²) in [4.78, 5) is 26.2. The summed E-state index contributed by atoms with van der Waals surface area (Å²) >= 11 is 0. The van der Waals surface area contributed by atoms with Gasteiger partial charge in [0.1, 0.15) is 11.6 Å². The van der Waals surface area contributed by atoms with E-state index in [0.717, 1.165) is 17.7 Å². The molecule has 0 spiro atoms. The van der Waals surface area contributed by atoms with E-state index in [2.05, 4.69) is 4.90 Å². The number of halogens is 2. The fourth-order valence-corrected chi connectivity index (χ4v) is 3.19. The molecule has 148 valence electrons. The minimum atomic E-state index is -0.976. The van der Waals surface area contributed by atoms with Crippen molar-refractivity contribution in [3.63, 3.8) is 0 Å². The predicted molar refractivity (Wildman–Crippen MR) is 97.2 cm³/mol. The first-order chi connectivity index (χ1) is 13.4. The Balaban J connectivity index is 1.64. The Morgan fingerprint density at radius 2 is 1.86 bits per heavy atom. The maximum atomic E-state index is 13.5. The molecule has 1 amide bonds. The number of ether oxygens (including phenoxy) is 1. The summed E-state index contributed by atoms with van der Waals surface area (Å²) in [7, 11) is 1.52. The number of nitrogens with zero attached hydrogens (tertiary/aromatic N) is 3. The summed E-state index contributed by atoms with van der Waals surface area (Å²) in [5.41, 5.74) is 0.0764. The number of nitro benzene ring substituents is 1. The maximum absolute atomic E-state index is 13.5. The monoisotopic (exact) mass is 391 g/mol. The normalized spacial score (nSPS) is 14.8. The zero-order valence-electron chi connectivity index (χ0n) is 15.2. The molecule has 1 fully saturated rings. The van der Waals surface area contributed by atoms with Crippen LogP contribution in [0.2, 0.25) is 0 Å². The Labute approximate surface area is 160 Å². The Morgan fingerprint density at radius 3 is 2.50 bits per heavy atom. The summed E-state index contributed by atoms with van der Waals surface area (Å²) < 4.78 is 32.2. The van der Waals surface area contributed by atoms with E-state index >= 15 is 0 Å². The number of piperazine rings is 1. The summed E-state index contributed by atoms with van der Waals surface area (Å²) in [5, 5.41) is 10.9. The molecular weight excluding hydrogens is 372 g/mol. The van der Waals surface area contributed by atoms with Crippen molar-refractivity contribution < 1.29 is 23.2 Å². The molecule has 0 aliphatic carbocycles. The van der Waals surface area contributed by atoms with Crippen LogP contribution in [0.3, 0.4) is 0 Å². The maximum Gasteiger partial charge on any atom is 0.305 e. The zero-order valence-corrected chi connectivity index (χ0v) is 15.2. The molecule has 0 N–H and O–H groups in total. The molecule has 28 heavy (non-hydrogen) atoms. The largest absolute Gasteiger partial charge is 0.496 e. The molecule has 3 rings (SSSR count). The molecule has 2 aromatic carbocycles. The van der Waals surface area contributed by atoms with Crippen molar-refractivity contribution in [2.45, 2.75) is 6.54 Å². The van der Waals surface area contributed by atoms with Crippen LogP contribution >= 0.6 is 0 Å². The molecule has 0 unspecified atom stereocenters. The van der Waals surface area contributed by atoms with Crippen molar-refractivity contribution in [3.8, 4) is 5.75 Å². The van der Waals surface area contributed by atoms with E-state index in [9.17, 15) is 23.7 Å². The summed E-state index contributed by atoms with van der Waals surface area (Å²) in [6.45, 7) is 2.39. The van der Waals surface area contributed by atoms with E-state index in [0.29, 0.717) is 38.5 Å². The first-order valence-corrected chi connectivity index (χ1v) is 8.67. The molecule has 9 heteroatoms. The lowest BCUT2D eigenvalue weighted by atomic mass is 10.1. The fourth-order valence-electron chi connectivity index (χ4n) is 3.19. The Kier molecular flexibility index (Phi) is 5.84. The van der Waals surface area contributed by atoms with Gasteiger partial charge >= 0.3 is 5.69 Å². The van der Waals surface area contributed by atoms with E-state index in [1.165, 1.54) is 25.3 Å². The van der Waals surface area contributed by atoms with E-state index in [1.54, 1.807) is 11.0 Å². The summed E-state index contributed by atoms with van der Waals surface area (Å²) in [6, 6.07) is 7.47. The molecule has 0 radical (unpaired) electrons. The number of carbonyl (C=O) groups excluding carboxylic acids is 1. The van der Waals surface area contributed by atoms with Gasteiger partial charge in [-0.15, -0.1) is 0 Å². The Bertz CT molecular complexity index is 899. The molecule has 1 aliphatic rings. The quantitative estimate of drug-likeness (QED) is 0.579. The Hall–Kier alpha value is -3.07. The third kappa shape index (κ3) is 4.25. The van der Waals surface area contributed by atoms with Gasteiger partial charge in [-0.05, 0) is 30.3 Å². The van der Waals surface area contributed by atoms with Gasteiger partial charge in [0.25, 0.3) is 5.91 Å². The second kappa shape index (κ2) is 8.30. The molecule has 1 aliphatic heterocycles. The highest BCUT2D eigenvalue weighted by Crippen LogP contribution is 2.23. The standard InChI is InChI=1S/C19H19F2N3O4/c1-28-18-5-3-15(20)10-14(18)12-22-6-8-23(9-7-22)19(25)13-2-4-16(21)17(11-13)24(26)27/h2-5,10-11H,6-9,12H2,1H3. The van der Waals surface area contributed by atoms with Gasteiger partial charge < -0.3 is 9.64 Å². The lowest BCUT2D eigenvalue weighted by Crippen LogP contribution is -2.48. The number of nitro groups is 1. The highest BCUT2D eigenvalue weighted by Gasteiger charge is 2.25. The van der Waals surface area contributed by atoms with E-state index < -0.39 is 16.4 Å². The van der Waals surface area contributed by atoms with E-state index in [-0.39, 0.29) is 17.3 Å². The average molecular weight is 391 g/mol. The number of rotatable bonds is 5. The van der Waals surface area contributed by atoms with E-state index in [4.69, 9.17) is 4.74 Å². The first-order valence-electron chi connectivity index (χ1n) is 8.67. The minimum Gasteiger partial charge on any atom is -0.496 e. The highest BCUT2D eigenvalue weighted by molar-refractivity contribution is 5.95. The average Bonchev–Trinajstić information content (AvgIpc) is 2.68. The van der Waals surface area contributed by atoms with Crippen LogP contribution < -0.4 is 4.74 Å². The third-order valence-electron chi connectivity index (χ3n) is 4.69. The first kappa shape index (κ1) is 19.7. The van der Waals surface area contributed by atoms with Gasteiger partial charge in [-0.1, -0.05) is 0 Å². The van der Waals surface area contributed by atoms with Crippen molar-refractivity contribution in [2.24, 2.45) is 0 Å². The molecule has 1 heterocycles. The fraction of sp³-hybridized carbons (Fsp3) is 0.316. The van der Waals surface area contributed by atoms with Crippen LogP contribution in [-0.2, 0) is 6.54 Å². The van der Waals surface area contributed by atoms with Crippen LogP contribution in [0, 0.1) is 21.7 Å². The van der Waals surface area contributed by atoms with Crippen LogP contribution in [0.4, 0.5) is 14.5 Å². The van der Waals surface area contributed by atoms with Crippen molar-refractivity contribution in [2.75, 3.05) is 33.3 Å². The molecule has 0 aromatic heterocycles. The minimum absolute atomic E-state index is 0.0772. The zero-order chi connectivity index (χ0) is 20.3. The van der Waals surface area contributed by atoms with Gasteiger partial charge in [-0.3, -0.25) is 19.8 Å². The van der Waals surface area contributed by atoms with Gasteiger partial charge in [-0.25, -0.2) is 4.39 Å². The molecular formula is C19H19F2N3O4. The molecule has 0 atom stereocenters. The number of methoxy groups -OCH3 is 1. The molecule has 2 aromatic rings. The second-order valence-corrected chi connectivity index (χ2v) is 6.45. The van der Waals surface area contributed by atoms with Crippen LogP contribution in [0.25, 0.3) is 0 Å². The SMILES string of the molecule is COc1ccc(F)cc1CN1CCN(C(=O)c2ccc(F)c([N+](=O)[O-])c2)CC1. The number of hydrogen-bond acceptors (Lipinski definition) is 5. The molecule has 0 bridgehead atoms. The van der Waals surface area contributed by atoms with Gasteiger partial charge in [0.05, 0.1) is 12.0 Å². The molecule has 7 nitrogen and oxygen atoms in total. The Morgan fingerprint density at radius 1 is 1.14 bits per heavy atom. The van der Waals surface area contributed by atoms with E-state index in [1.807, 2.05) is 0 Å². The van der Waals surface area contributed by atoms with Gasteiger partial charge in [0.2, 0.25) is 5.82 Å². The number of amides is 1. The lowest BCUT2D eigenvalue weighted by molar-refractivity contribution is -0.387. The summed E-state index contributed by atoms with van der Waals surface area (Å²) in [6.07, 6.45) is 0. The topological polar surface area (TPSA) is 75.9 Å². The summed E-state index contributed by atoms with van der Waals surface area (Å²) in [5.74, 6) is -1.11. The van der Waals surface area contributed by atoms with Crippen molar-refractivity contribution >= 4 is 11.6 Å². The van der Waals surface area contributed by atoms with Gasteiger partial charge in [0.15, 0.2) is 0 Å². The van der Waals surface area contributed by atoms with Crippen molar-refractivity contribution in [1.82, 2.24) is 9.80 Å². The molecule has 0 saturated carbocycles. The van der Waals surface area contributed by atoms with Gasteiger partial charge in [0, 0.05) is 49.9 Å². The lowest BCUT2D eigenvalue weighted by Gasteiger charge is -2.35. The van der Waals surface area contributed by atoms with Crippen molar-refractivity contribution in [3.05, 3.63) is 69.3 Å². The highest BCUT2D eigenvalue weighted by atomic mass is 19.1. The number of carbonyl (C=O) groups is 1. The smallest absolute Gasteiger partial charge is 0.305 e. The van der Waals surface area contributed by atoms with Crippen LogP contribution in [-0.4, -0.2) is 53.9 Å². The van der Waals surface area contributed by atoms with Crippen LogP contribution in [0.15, 0.2) is 36.4 Å². The number of benzene rings is 2. The second-order valence-electron chi connectivity index (χ2n) is 6.45. The van der Waals surface area contributed by atoms with Gasteiger partial charge in [-0.2, -0.15) is 4.39 Å². The van der Waals surface area contributed by atoms with Crippen molar-refractivity contribution in [1.29, 1.82) is 0 Å². The molecule has 1 saturated heterocycles. The third-order valence-corrected chi connectivity index (χ3v) is 4.69. The number of hydrogen-bond donors (Lipinski definition) is 0. The van der Waals surface area contributed by atoms with Crippen LogP contribution in [0.1, 0.15) is 15.9 Å². The predicted octanol–water partition coefficient (Wildman–Crippen LogP) is 2.84. The van der Waals surface area contributed by atoms with Crippen LogP contribution in [0.5, 0.6) is 5.75 Å².